The van der Waals surface area contributed by atoms with Crippen molar-refractivity contribution in [2.75, 3.05) is 0 Å². The second-order valence-electron chi connectivity index (χ2n) is 4.13. The van der Waals surface area contributed by atoms with E-state index in [2.05, 4.69) is 10.2 Å². The van der Waals surface area contributed by atoms with Crippen LogP contribution in [0.1, 0.15) is 25.7 Å². The van der Waals surface area contributed by atoms with Crippen molar-refractivity contribution in [2.24, 2.45) is 0 Å². The highest BCUT2D eigenvalue weighted by atomic mass is 35.5. The van der Waals surface area contributed by atoms with Crippen LogP contribution in [0.15, 0.2) is 18.2 Å². The Bertz CT molecular complexity index is 546. The van der Waals surface area contributed by atoms with E-state index in [9.17, 15) is 4.39 Å². The zero-order valence-electron chi connectivity index (χ0n) is 9.99. The quantitative estimate of drug-likeness (QED) is 0.797. The van der Waals surface area contributed by atoms with Gasteiger partial charge in [-0.05, 0) is 26.0 Å². The average molecular weight is 288 g/mol. The van der Waals surface area contributed by atoms with Gasteiger partial charge in [0.2, 0.25) is 0 Å². The number of rotatable bonds is 3. The highest BCUT2D eigenvalue weighted by Gasteiger charge is 2.20. The molecular formula is C12H12Cl2FN3. The van der Waals surface area contributed by atoms with Gasteiger partial charge in [-0.25, -0.2) is 4.39 Å². The molecule has 2 aromatic rings. The first-order chi connectivity index (χ1) is 8.56. The van der Waals surface area contributed by atoms with Crippen molar-refractivity contribution in [2.45, 2.75) is 25.8 Å². The monoisotopic (exact) mass is 287 g/mol. The van der Waals surface area contributed by atoms with E-state index in [1.165, 1.54) is 6.07 Å². The molecule has 0 unspecified atom stereocenters. The molecule has 0 atom stereocenters. The Morgan fingerprint density at radius 2 is 2.06 bits per heavy atom. The maximum Gasteiger partial charge on any atom is 0.168 e. The molecule has 0 saturated heterocycles. The molecule has 0 amide bonds. The fourth-order valence-electron chi connectivity index (χ4n) is 1.84. The van der Waals surface area contributed by atoms with Gasteiger partial charge < -0.3 is 4.57 Å². The normalized spacial score (nSPS) is 11.2. The van der Waals surface area contributed by atoms with Crippen LogP contribution in [0.2, 0.25) is 5.02 Å². The van der Waals surface area contributed by atoms with Crippen LogP contribution < -0.4 is 0 Å². The number of alkyl halides is 1. The Hall–Kier alpha value is -1.13. The fourth-order valence-corrected chi connectivity index (χ4v) is 2.27. The third-order valence-corrected chi connectivity index (χ3v) is 3.14. The third kappa shape index (κ3) is 2.22. The lowest BCUT2D eigenvalue weighted by Gasteiger charge is -2.14. The summed E-state index contributed by atoms with van der Waals surface area (Å²) < 4.78 is 15.7. The molecule has 1 aromatic heterocycles. The second-order valence-corrected chi connectivity index (χ2v) is 4.81. The molecule has 96 valence electrons. The number of nitrogens with zero attached hydrogens (tertiary/aromatic N) is 3. The summed E-state index contributed by atoms with van der Waals surface area (Å²) in [6.45, 7) is 3.91. The van der Waals surface area contributed by atoms with Crippen LogP contribution in [0, 0.1) is 5.82 Å². The van der Waals surface area contributed by atoms with E-state index in [0.29, 0.717) is 16.7 Å². The number of benzene rings is 1. The average Bonchev–Trinajstić information content (AvgIpc) is 2.72. The van der Waals surface area contributed by atoms with Crippen molar-refractivity contribution >= 4 is 23.2 Å². The maximum atomic E-state index is 13.9. The molecule has 3 nitrogen and oxygen atoms in total. The maximum absolute atomic E-state index is 13.9. The molecule has 0 spiro atoms. The lowest BCUT2D eigenvalue weighted by Crippen LogP contribution is -2.07. The van der Waals surface area contributed by atoms with Crippen LogP contribution in [0.3, 0.4) is 0 Å². The van der Waals surface area contributed by atoms with Crippen LogP contribution in [-0.2, 0) is 5.88 Å². The van der Waals surface area contributed by atoms with Gasteiger partial charge in [0, 0.05) is 6.04 Å². The molecule has 6 heteroatoms. The number of halogens is 3. The van der Waals surface area contributed by atoms with Gasteiger partial charge in [-0.3, -0.25) is 0 Å². The van der Waals surface area contributed by atoms with Crippen molar-refractivity contribution in [3.63, 3.8) is 0 Å². The van der Waals surface area contributed by atoms with Crippen molar-refractivity contribution in [3.05, 3.63) is 34.9 Å². The Morgan fingerprint density at radius 3 is 2.61 bits per heavy atom. The molecule has 1 aromatic carbocycles. The largest absolute Gasteiger partial charge is 0.307 e. The molecule has 0 aliphatic heterocycles. The molecule has 18 heavy (non-hydrogen) atoms. The van der Waals surface area contributed by atoms with E-state index in [1.807, 2.05) is 13.8 Å². The van der Waals surface area contributed by atoms with E-state index in [-0.39, 0.29) is 17.5 Å². The standard InChI is InChI=1S/C12H12Cl2FN3/c1-7(2)18-10(6-13)16-17-12(18)11-8(14)4-3-5-9(11)15/h3-5,7H,6H2,1-2H3. The summed E-state index contributed by atoms with van der Waals surface area (Å²) in [6.07, 6.45) is 0. The number of hydrogen-bond acceptors (Lipinski definition) is 2. The zero-order chi connectivity index (χ0) is 13.3. The smallest absolute Gasteiger partial charge is 0.168 e. The second kappa shape index (κ2) is 5.24. The summed E-state index contributed by atoms with van der Waals surface area (Å²) in [7, 11) is 0. The van der Waals surface area contributed by atoms with Gasteiger partial charge in [-0.2, -0.15) is 0 Å². The Kier molecular flexibility index (Phi) is 3.88. The number of hydrogen-bond donors (Lipinski definition) is 0. The van der Waals surface area contributed by atoms with Gasteiger partial charge in [0.1, 0.15) is 11.6 Å². The minimum absolute atomic E-state index is 0.0689. The fraction of sp³-hybridized carbons (Fsp3) is 0.333. The third-order valence-electron chi connectivity index (χ3n) is 2.59. The minimum Gasteiger partial charge on any atom is -0.307 e. The van der Waals surface area contributed by atoms with Gasteiger partial charge in [0.15, 0.2) is 5.82 Å². The van der Waals surface area contributed by atoms with Crippen molar-refractivity contribution in [1.82, 2.24) is 14.8 Å². The van der Waals surface area contributed by atoms with Crippen molar-refractivity contribution in [1.29, 1.82) is 0 Å². The summed E-state index contributed by atoms with van der Waals surface area (Å²) in [5.74, 6) is 0.805. The first-order valence-electron chi connectivity index (χ1n) is 5.50. The molecule has 0 bridgehead atoms. The van der Waals surface area contributed by atoms with E-state index in [4.69, 9.17) is 23.2 Å². The van der Waals surface area contributed by atoms with Crippen LogP contribution in [0.4, 0.5) is 4.39 Å². The van der Waals surface area contributed by atoms with Crippen molar-refractivity contribution in [3.8, 4) is 11.4 Å². The summed E-state index contributed by atoms with van der Waals surface area (Å²) >= 11 is 11.8. The first kappa shape index (κ1) is 13.3. The highest BCUT2D eigenvalue weighted by molar-refractivity contribution is 6.33. The number of aromatic nitrogens is 3. The SMILES string of the molecule is CC(C)n1c(CCl)nnc1-c1c(F)cccc1Cl. The van der Waals surface area contributed by atoms with Crippen molar-refractivity contribution < 1.29 is 4.39 Å². The van der Waals surface area contributed by atoms with E-state index in [0.717, 1.165) is 0 Å². The van der Waals surface area contributed by atoms with Gasteiger partial charge >= 0.3 is 0 Å². The molecular weight excluding hydrogens is 276 g/mol. The molecule has 0 aliphatic rings. The lowest BCUT2D eigenvalue weighted by molar-refractivity contribution is 0.579. The summed E-state index contributed by atoms with van der Waals surface area (Å²) in [4.78, 5) is 0. The van der Waals surface area contributed by atoms with E-state index >= 15 is 0 Å². The van der Waals surface area contributed by atoms with E-state index in [1.54, 1.807) is 16.7 Å². The van der Waals surface area contributed by atoms with Gasteiger partial charge in [-0.1, -0.05) is 17.7 Å². The van der Waals surface area contributed by atoms with Gasteiger partial charge in [0.25, 0.3) is 0 Å². The Labute approximate surface area is 115 Å². The zero-order valence-corrected chi connectivity index (χ0v) is 11.5. The predicted molar refractivity (Wildman–Crippen MR) is 70.4 cm³/mol. The summed E-state index contributed by atoms with van der Waals surface area (Å²) in [5.41, 5.74) is 0.261. The molecule has 0 N–H and O–H groups in total. The first-order valence-corrected chi connectivity index (χ1v) is 6.41. The molecule has 1 heterocycles. The molecule has 0 fully saturated rings. The van der Waals surface area contributed by atoms with Crippen LogP contribution in [0.5, 0.6) is 0 Å². The molecule has 0 aliphatic carbocycles. The Balaban J connectivity index is 2.68. The van der Waals surface area contributed by atoms with Gasteiger partial charge in [0.05, 0.1) is 16.5 Å². The van der Waals surface area contributed by atoms with Crippen LogP contribution >= 0.6 is 23.2 Å². The minimum atomic E-state index is -0.419. The molecule has 2 rings (SSSR count). The van der Waals surface area contributed by atoms with Crippen LogP contribution in [-0.4, -0.2) is 14.8 Å². The molecule has 0 saturated carbocycles. The van der Waals surface area contributed by atoms with Crippen LogP contribution in [0.25, 0.3) is 11.4 Å². The van der Waals surface area contributed by atoms with E-state index < -0.39 is 5.82 Å². The van der Waals surface area contributed by atoms with Gasteiger partial charge in [-0.15, -0.1) is 21.8 Å². The highest BCUT2D eigenvalue weighted by Crippen LogP contribution is 2.31. The summed E-state index contributed by atoms with van der Waals surface area (Å²) in [6, 6.07) is 4.60. The predicted octanol–water partition coefficient (Wildman–Crippen LogP) is 4.06. The lowest BCUT2D eigenvalue weighted by atomic mass is 10.2. The Morgan fingerprint density at radius 1 is 1.33 bits per heavy atom. The molecule has 0 radical (unpaired) electrons. The summed E-state index contributed by atoms with van der Waals surface area (Å²) in [5, 5.41) is 8.28. The topological polar surface area (TPSA) is 30.7 Å².